The third-order valence-electron chi connectivity index (χ3n) is 4.69. The van der Waals surface area contributed by atoms with Gasteiger partial charge < -0.3 is 5.32 Å². The van der Waals surface area contributed by atoms with E-state index in [1.54, 1.807) is 59.2 Å². The van der Waals surface area contributed by atoms with Crippen molar-refractivity contribution in [2.75, 3.05) is 11.1 Å². The number of rotatable bonds is 6. The van der Waals surface area contributed by atoms with Gasteiger partial charge in [-0.15, -0.1) is 0 Å². The SMILES string of the molecule is N#Cc1cccc(NC(=O)CSc2nc3ccccc3c(=O)n2Cc2ccc(Cl)cc2)c1. The minimum Gasteiger partial charge on any atom is -0.325 e. The summed E-state index contributed by atoms with van der Waals surface area (Å²) in [6.07, 6.45) is 0. The van der Waals surface area contributed by atoms with Crippen molar-refractivity contribution >= 4 is 45.9 Å². The number of fused-ring (bicyclic) bond motifs is 1. The molecule has 0 aliphatic heterocycles. The lowest BCUT2D eigenvalue weighted by molar-refractivity contribution is -0.113. The van der Waals surface area contributed by atoms with Crippen LogP contribution in [0.15, 0.2) is 82.7 Å². The maximum Gasteiger partial charge on any atom is 0.262 e. The van der Waals surface area contributed by atoms with Gasteiger partial charge in [-0.2, -0.15) is 5.26 Å². The molecular weight excluding hydrogens is 444 g/mol. The fourth-order valence-electron chi connectivity index (χ4n) is 3.16. The van der Waals surface area contributed by atoms with Gasteiger partial charge in [0.1, 0.15) is 0 Å². The van der Waals surface area contributed by atoms with Crippen LogP contribution in [0, 0.1) is 11.3 Å². The van der Waals surface area contributed by atoms with Crippen molar-refractivity contribution < 1.29 is 4.79 Å². The molecule has 1 heterocycles. The average molecular weight is 461 g/mol. The first-order valence-corrected chi connectivity index (χ1v) is 11.1. The second-order valence-electron chi connectivity index (χ2n) is 6.96. The molecule has 0 saturated carbocycles. The number of benzene rings is 3. The van der Waals surface area contributed by atoms with E-state index in [4.69, 9.17) is 16.9 Å². The van der Waals surface area contributed by atoms with E-state index in [1.165, 1.54) is 11.8 Å². The van der Waals surface area contributed by atoms with Crippen LogP contribution < -0.4 is 10.9 Å². The molecule has 0 atom stereocenters. The number of carbonyl (C=O) groups is 1. The highest BCUT2D eigenvalue weighted by Gasteiger charge is 2.14. The van der Waals surface area contributed by atoms with Crippen LogP contribution in [-0.2, 0) is 11.3 Å². The van der Waals surface area contributed by atoms with Crippen molar-refractivity contribution in [1.82, 2.24) is 9.55 Å². The number of nitrogens with zero attached hydrogens (tertiary/aromatic N) is 3. The minimum absolute atomic E-state index is 0.0577. The summed E-state index contributed by atoms with van der Waals surface area (Å²) in [5.41, 5.74) is 2.31. The maximum atomic E-state index is 13.2. The van der Waals surface area contributed by atoms with Crippen molar-refractivity contribution in [1.29, 1.82) is 5.26 Å². The third kappa shape index (κ3) is 4.99. The molecule has 4 rings (SSSR count). The van der Waals surface area contributed by atoms with Crippen LogP contribution in [-0.4, -0.2) is 21.2 Å². The van der Waals surface area contributed by atoms with Crippen LogP contribution in [0.4, 0.5) is 5.69 Å². The number of hydrogen-bond donors (Lipinski definition) is 1. The number of amides is 1. The van der Waals surface area contributed by atoms with Crippen LogP contribution in [0.3, 0.4) is 0 Å². The fourth-order valence-corrected chi connectivity index (χ4v) is 4.09. The predicted octanol–water partition coefficient (Wildman–Crippen LogP) is 4.70. The summed E-state index contributed by atoms with van der Waals surface area (Å²) >= 11 is 7.16. The van der Waals surface area contributed by atoms with Crippen molar-refractivity contribution in [3.8, 4) is 6.07 Å². The molecule has 0 saturated heterocycles. The summed E-state index contributed by atoms with van der Waals surface area (Å²) in [4.78, 5) is 30.3. The molecule has 1 aromatic heterocycles. The Bertz CT molecular complexity index is 1390. The van der Waals surface area contributed by atoms with E-state index in [-0.39, 0.29) is 17.2 Å². The quantitative estimate of drug-likeness (QED) is 0.333. The minimum atomic E-state index is -0.259. The Morgan fingerprint density at radius 1 is 1.09 bits per heavy atom. The van der Waals surface area contributed by atoms with Crippen LogP contribution in [0.2, 0.25) is 5.02 Å². The normalized spacial score (nSPS) is 10.6. The van der Waals surface area contributed by atoms with E-state index >= 15 is 0 Å². The number of nitrogens with one attached hydrogen (secondary N) is 1. The summed E-state index contributed by atoms with van der Waals surface area (Å²) < 4.78 is 1.57. The van der Waals surface area contributed by atoms with Gasteiger partial charge in [-0.1, -0.05) is 53.7 Å². The molecule has 158 valence electrons. The first kappa shape index (κ1) is 21.6. The summed E-state index contributed by atoms with van der Waals surface area (Å²) in [6.45, 7) is 0.308. The molecule has 0 aliphatic carbocycles. The number of aromatic nitrogens is 2. The van der Waals surface area contributed by atoms with Gasteiger partial charge >= 0.3 is 0 Å². The van der Waals surface area contributed by atoms with E-state index in [0.717, 1.165) is 5.56 Å². The van der Waals surface area contributed by atoms with Crippen molar-refractivity contribution in [2.45, 2.75) is 11.7 Å². The molecule has 0 aliphatic rings. The smallest absolute Gasteiger partial charge is 0.262 e. The van der Waals surface area contributed by atoms with E-state index in [2.05, 4.69) is 10.3 Å². The zero-order valence-corrected chi connectivity index (χ0v) is 18.4. The van der Waals surface area contributed by atoms with Gasteiger partial charge in [0, 0.05) is 10.7 Å². The van der Waals surface area contributed by atoms with E-state index < -0.39 is 0 Å². The second kappa shape index (κ2) is 9.69. The van der Waals surface area contributed by atoms with Gasteiger partial charge in [0.25, 0.3) is 5.56 Å². The lowest BCUT2D eigenvalue weighted by Gasteiger charge is -2.13. The Morgan fingerprint density at radius 2 is 1.88 bits per heavy atom. The Hall–Kier alpha value is -3.60. The van der Waals surface area contributed by atoms with Crippen molar-refractivity contribution in [3.63, 3.8) is 0 Å². The van der Waals surface area contributed by atoms with E-state index in [1.807, 2.05) is 24.3 Å². The number of halogens is 1. The van der Waals surface area contributed by atoms with Gasteiger partial charge in [0.15, 0.2) is 5.16 Å². The van der Waals surface area contributed by atoms with Gasteiger partial charge in [-0.3, -0.25) is 14.2 Å². The predicted molar refractivity (Wildman–Crippen MR) is 127 cm³/mol. The monoisotopic (exact) mass is 460 g/mol. The van der Waals surface area contributed by atoms with Crippen LogP contribution in [0.1, 0.15) is 11.1 Å². The Morgan fingerprint density at radius 3 is 2.66 bits per heavy atom. The van der Waals surface area contributed by atoms with Gasteiger partial charge in [0.2, 0.25) is 5.91 Å². The topological polar surface area (TPSA) is 87.8 Å². The lowest BCUT2D eigenvalue weighted by Crippen LogP contribution is -2.24. The largest absolute Gasteiger partial charge is 0.325 e. The summed E-state index contributed by atoms with van der Waals surface area (Å²) in [7, 11) is 0. The zero-order valence-electron chi connectivity index (χ0n) is 16.8. The van der Waals surface area contributed by atoms with Crippen LogP contribution in [0.25, 0.3) is 10.9 Å². The van der Waals surface area contributed by atoms with E-state index in [0.29, 0.717) is 38.9 Å². The number of thioether (sulfide) groups is 1. The Balaban J connectivity index is 1.60. The first-order valence-electron chi connectivity index (χ1n) is 9.70. The fraction of sp³-hybridized carbons (Fsp3) is 0.0833. The molecule has 1 amide bonds. The molecule has 3 aromatic carbocycles. The highest BCUT2D eigenvalue weighted by atomic mass is 35.5. The average Bonchev–Trinajstić information content (AvgIpc) is 2.81. The molecule has 8 heteroatoms. The van der Waals surface area contributed by atoms with Gasteiger partial charge in [-0.05, 0) is 48.0 Å². The third-order valence-corrected chi connectivity index (χ3v) is 5.92. The number of nitriles is 1. The van der Waals surface area contributed by atoms with Crippen LogP contribution in [0.5, 0.6) is 0 Å². The van der Waals surface area contributed by atoms with Crippen LogP contribution >= 0.6 is 23.4 Å². The first-order chi connectivity index (χ1) is 15.5. The molecule has 0 fully saturated rings. The molecule has 0 unspecified atom stereocenters. The molecule has 0 radical (unpaired) electrons. The number of hydrogen-bond acceptors (Lipinski definition) is 5. The molecule has 0 bridgehead atoms. The highest BCUT2D eigenvalue weighted by molar-refractivity contribution is 7.99. The molecule has 32 heavy (non-hydrogen) atoms. The number of anilines is 1. The lowest BCUT2D eigenvalue weighted by atomic mass is 10.2. The summed E-state index contributed by atoms with van der Waals surface area (Å²) in [5, 5.41) is 13.4. The second-order valence-corrected chi connectivity index (χ2v) is 8.34. The van der Waals surface area contributed by atoms with Crippen molar-refractivity contribution in [2.24, 2.45) is 0 Å². The summed E-state index contributed by atoms with van der Waals surface area (Å²) in [5.74, 6) is -0.201. The van der Waals surface area contributed by atoms with E-state index in [9.17, 15) is 9.59 Å². The molecule has 4 aromatic rings. The van der Waals surface area contributed by atoms with Gasteiger partial charge in [0.05, 0.1) is 34.8 Å². The molecular formula is C24H17ClN4O2S. The van der Waals surface area contributed by atoms with Gasteiger partial charge in [-0.25, -0.2) is 4.98 Å². The molecule has 1 N–H and O–H groups in total. The summed E-state index contributed by atoms with van der Waals surface area (Å²) in [6, 6.07) is 23.1. The van der Waals surface area contributed by atoms with Crippen molar-refractivity contribution in [3.05, 3.63) is 99.3 Å². The number of para-hydroxylation sites is 1. The number of carbonyl (C=O) groups excluding carboxylic acids is 1. The Kier molecular flexibility index (Phi) is 6.55. The Labute approximate surface area is 193 Å². The molecule has 0 spiro atoms. The molecule has 6 nitrogen and oxygen atoms in total. The standard InChI is InChI=1S/C24H17ClN4O2S/c25-18-10-8-16(9-11-18)14-29-23(31)20-6-1-2-7-21(20)28-24(29)32-15-22(30)27-19-5-3-4-17(12-19)13-26/h1-12H,14-15H2,(H,27,30). The highest BCUT2D eigenvalue weighted by Crippen LogP contribution is 2.20. The zero-order chi connectivity index (χ0) is 22.5. The maximum absolute atomic E-state index is 13.2.